The number of carbonyl (C=O) groups excluding carboxylic acids is 2. The highest BCUT2D eigenvalue weighted by atomic mass is 35.5. The molecule has 0 radical (unpaired) electrons. The summed E-state index contributed by atoms with van der Waals surface area (Å²) in [6.07, 6.45) is 0. The molecular formula is C22H13Cl2FN2O2. The molecule has 0 aliphatic rings. The summed E-state index contributed by atoms with van der Waals surface area (Å²) in [5, 5.41) is 3.65. The van der Waals surface area contributed by atoms with Crippen LogP contribution in [0.15, 0.2) is 66.7 Å². The van der Waals surface area contributed by atoms with E-state index in [9.17, 15) is 14.0 Å². The predicted molar refractivity (Wildman–Crippen MR) is 113 cm³/mol. The molecule has 0 unspecified atom stereocenters. The number of H-pyrrole nitrogens is 1. The van der Waals surface area contributed by atoms with Crippen LogP contribution in [0.25, 0.3) is 10.9 Å². The van der Waals surface area contributed by atoms with Crippen LogP contribution in [0.2, 0.25) is 10.0 Å². The van der Waals surface area contributed by atoms with Crippen molar-refractivity contribution < 1.29 is 14.0 Å². The maximum atomic E-state index is 14.2. The van der Waals surface area contributed by atoms with E-state index in [4.69, 9.17) is 23.2 Å². The number of rotatable bonds is 4. The van der Waals surface area contributed by atoms with Gasteiger partial charge in [0.05, 0.1) is 16.3 Å². The largest absolute Gasteiger partial charge is 0.350 e. The fraction of sp³-hybridized carbons (Fsp3) is 0. The van der Waals surface area contributed by atoms with Crippen molar-refractivity contribution in [3.8, 4) is 0 Å². The summed E-state index contributed by atoms with van der Waals surface area (Å²) in [6, 6.07) is 17.5. The molecule has 7 heteroatoms. The highest BCUT2D eigenvalue weighted by molar-refractivity contribution is 6.35. The second-order valence-corrected chi connectivity index (χ2v) is 7.15. The lowest BCUT2D eigenvalue weighted by Crippen LogP contribution is -2.16. The van der Waals surface area contributed by atoms with Crippen LogP contribution in [0, 0.1) is 5.82 Å². The normalized spacial score (nSPS) is 10.9. The molecule has 4 rings (SSSR count). The van der Waals surface area contributed by atoms with Gasteiger partial charge in [-0.2, -0.15) is 0 Å². The zero-order valence-electron chi connectivity index (χ0n) is 14.8. The lowest BCUT2D eigenvalue weighted by molar-refractivity contribution is 0.102. The number of amides is 1. The number of ketones is 1. The summed E-state index contributed by atoms with van der Waals surface area (Å²) < 4.78 is 14.2. The van der Waals surface area contributed by atoms with Gasteiger partial charge in [0.15, 0.2) is 0 Å². The van der Waals surface area contributed by atoms with Gasteiger partial charge in [0.1, 0.15) is 11.5 Å². The molecule has 0 fully saturated rings. The van der Waals surface area contributed by atoms with Gasteiger partial charge in [0, 0.05) is 21.5 Å². The van der Waals surface area contributed by atoms with Crippen molar-refractivity contribution in [3.05, 3.63) is 99.4 Å². The molecule has 0 saturated heterocycles. The van der Waals surface area contributed by atoms with E-state index in [2.05, 4.69) is 10.3 Å². The Balaban J connectivity index is 1.84. The van der Waals surface area contributed by atoms with Gasteiger partial charge in [-0.15, -0.1) is 0 Å². The van der Waals surface area contributed by atoms with Crippen LogP contribution in [0.4, 0.5) is 10.1 Å². The van der Waals surface area contributed by atoms with Crippen molar-refractivity contribution in [1.82, 2.24) is 4.98 Å². The average Bonchev–Trinajstić information content (AvgIpc) is 3.05. The van der Waals surface area contributed by atoms with Crippen molar-refractivity contribution in [2.24, 2.45) is 0 Å². The molecule has 0 aliphatic heterocycles. The van der Waals surface area contributed by atoms with Crippen molar-refractivity contribution in [3.63, 3.8) is 0 Å². The molecule has 1 amide bonds. The smallest absolute Gasteiger partial charge is 0.260 e. The SMILES string of the molecule is O=C(c1ccccc1)c1[nH]c2cc(Cl)ccc2c1NC(=O)c1c(F)cccc1Cl. The summed E-state index contributed by atoms with van der Waals surface area (Å²) in [5.41, 5.74) is 1.09. The molecule has 0 saturated carbocycles. The van der Waals surface area contributed by atoms with E-state index in [0.29, 0.717) is 21.5 Å². The Bertz CT molecular complexity index is 1230. The maximum absolute atomic E-state index is 14.2. The first-order chi connectivity index (χ1) is 14.0. The van der Waals surface area contributed by atoms with Gasteiger partial charge >= 0.3 is 0 Å². The van der Waals surface area contributed by atoms with Crippen molar-refractivity contribution in [2.75, 3.05) is 5.32 Å². The third kappa shape index (κ3) is 3.62. The molecule has 2 N–H and O–H groups in total. The Kier molecular flexibility index (Phi) is 5.09. The number of carbonyl (C=O) groups is 2. The van der Waals surface area contributed by atoms with Crippen LogP contribution in [0.1, 0.15) is 26.4 Å². The summed E-state index contributed by atoms with van der Waals surface area (Å²) in [7, 11) is 0. The van der Waals surface area contributed by atoms with E-state index in [1.807, 2.05) is 0 Å². The van der Waals surface area contributed by atoms with E-state index in [-0.39, 0.29) is 27.8 Å². The Labute approximate surface area is 175 Å². The lowest BCUT2D eigenvalue weighted by atomic mass is 10.1. The molecular weight excluding hydrogens is 414 g/mol. The van der Waals surface area contributed by atoms with Crippen LogP contribution in [-0.4, -0.2) is 16.7 Å². The van der Waals surface area contributed by atoms with E-state index >= 15 is 0 Å². The van der Waals surface area contributed by atoms with Gasteiger partial charge in [-0.3, -0.25) is 9.59 Å². The van der Waals surface area contributed by atoms with E-state index < -0.39 is 11.7 Å². The Morgan fingerprint density at radius 2 is 1.69 bits per heavy atom. The number of hydrogen-bond acceptors (Lipinski definition) is 2. The lowest BCUT2D eigenvalue weighted by Gasteiger charge is -2.09. The number of hydrogen-bond donors (Lipinski definition) is 2. The molecule has 4 aromatic rings. The third-order valence-electron chi connectivity index (χ3n) is 4.45. The Morgan fingerprint density at radius 1 is 0.931 bits per heavy atom. The summed E-state index contributed by atoms with van der Waals surface area (Å²) in [5.74, 6) is -1.84. The minimum Gasteiger partial charge on any atom is -0.350 e. The van der Waals surface area contributed by atoms with E-state index in [1.165, 1.54) is 12.1 Å². The van der Waals surface area contributed by atoms with E-state index in [0.717, 1.165) is 6.07 Å². The van der Waals surface area contributed by atoms with Crippen LogP contribution in [-0.2, 0) is 0 Å². The van der Waals surface area contributed by atoms with Crippen LogP contribution < -0.4 is 5.32 Å². The first-order valence-corrected chi connectivity index (χ1v) is 9.37. The molecule has 144 valence electrons. The number of aromatic amines is 1. The molecule has 3 aromatic carbocycles. The maximum Gasteiger partial charge on any atom is 0.260 e. The Morgan fingerprint density at radius 3 is 2.41 bits per heavy atom. The molecule has 1 aromatic heterocycles. The minimum absolute atomic E-state index is 0.0266. The van der Waals surface area contributed by atoms with Crippen molar-refractivity contribution in [1.29, 1.82) is 0 Å². The standard InChI is InChI=1S/C22H13Cl2FN2O2/c23-13-9-10-14-17(11-13)26-20(21(28)12-5-2-1-3-6-12)19(14)27-22(29)18-15(24)7-4-8-16(18)25/h1-11,26H,(H,27,29). The second kappa shape index (κ2) is 7.70. The van der Waals surface area contributed by atoms with Gasteiger partial charge < -0.3 is 10.3 Å². The summed E-state index contributed by atoms with van der Waals surface area (Å²) in [4.78, 5) is 28.9. The first-order valence-electron chi connectivity index (χ1n) is 8.62. The zero-order chi connectivity index (χ0) is 20.5. The quantitative estimate of drug-likeness (QED) is 0.387. The van der Waals surface area contributed by atoms with Gasteiger partial charge in [-0.05, 0) is 30.3 Å². The third-order valence-corrected chi connectivity index (χ3v) is 5.00. The molecule has 0 atom stereocenters. The van der Waals surface area contributed by atoms with Gasteiger partial charge in [0.2, 0.25) is 5.78 Å². The predicted octanol–water partition coefficient (Wildman–Crippen LogP) is 6.10. The summed E-state index contributed by atoms with van der Waals surface area (Å²) in [6.45, 7) is 0. The highest BCUT2D eigenvalue weighted by Gasteiger charge is 2.23. The number of halogens is 3. The fourth-order valence-electron chi connectivity index (χ4n) is 3.09. The molecule has 0 spiro atoms. The van der Waals surface area contributed by atoms with Crippen LogP contribution in [0.5, 0.6) is 0 Å². The number of nitrogens with one attached hydrogen (secondary N) is 2. The van der Waals surface area contributed by atoms with Gasteiger partial charge in [-0.1, -0.05) is 59.6 Å². The van der Waals surface area contributed by atoms with Gasteiger partial charge in [0.25, 0.3) is 5.91 Å². The molecule has 0 bridgehead atoms. The Hall–Kier alpha value is -3.15. The van der Waals surface area contributed by atoms with Gasteiger partial charge in [-0.25, -0.2) is 4.39 Å². The number of anilines is 1. The van der Waals surface area contributed by atoms with Crippen molar-refractivity contribution in [2.45, 2.75) is 0 Å². The fourth-order valence-corrected chi connectivity index (χ4v) is 3.52. The highest BCUT2D eigenvalue weighted by Crippen LogP contribution is 2.32. The molecule has 29 heavy (non-hydrogen) atoms. The zero-order valence-corrected chi connectivity index (χ0v) is 16.3. The minimum atomic E-state index is -0.758. The molecule has 1 heterocycles. The molecule has 0 aliphatic carbocycles. The van der Waals surface area contributed by atoms with Crippen LogP contribution in [0.3, 0.4) is 0 Å². The number of aromatic nitrogens is 1. The van der Waals surface area contributed by atoms with E-state index in [1.54, 1.807) is 48.5 Å². The summed E-state index contributed by atoms with van der Waals surface area (Å²) >= 11 is 12.1. The average molecular weight is 427 g/mol. The van der Waals surface area contributed by atoms with Crippen molar-refractivity contribution >= 4 is 51.5 Å². The second-order valence-electron chi connectivity index (χ2n) is 6.31. The van der Waals surface area contributed by atoms with Crippen LogP contribution >= 0.6 is 23.2 Å². The number of benzene rings is 3. The topological polar surface area (TPSA) is 62.0 Å². The monoisotopic (exact) mass is 426 g/mol. The first kappa shape index (κ1) is 19.2. The molecule has 4 nitrogen and oxygen atoms in total. The number of fused-ring (bicyclic) bond motifs is 1.